The van der Waals surface area contributed by atoms with Crippen LogP contribution in [-0.4, -0.2) is 29.1 Å². The van der Waals surface area contributed by atoms with E-state index in [1.54, 1.807) is 19.4 Å². The second-order valence-corrected chi connectivity index (χ2v) is 8.14. The van der Waals surface area contributed by atoms with Crippen LogP contribution >= 0.6 is 15.9 Å². The van der Waals surface area contributed by atoms with Gasteiger partial charge in [-0.05, 0) is 55.8 Å². The Morgan fingerprint density at radius 1 is 1.10 bits per heavy atom. The monoisotopic (exact) mass is 457 g/mol. The van der Waals surface area contributed by atoms with Gasteiger partial charge in [0.05, 0.1) is 30.3 Å². The van der Waals surface area contributed by atoms with Crippen LogP contribution in [-0.2, 0) is 0 Å². The van der Waals surface area contributed by atoms with Gasteiger partial charge in [-0.2, -0.15) is 9.78 Å². The van der Waals surface area contributed by atoms with E-state index >= 15 is 0 Å². The van der Waals surface area contributed by atoms with Crippen LogP contribution in [0.5, 0.6) is 11.5 Å². The zero-order valence-electron chi connectivity index (χ0n) is 17.1. The number of rotatable bonds is 6. The molecule has 6 nitrogen and oxygen atoms in total. The number of ether oxygens (including phenoxy) is 2. The Hall–Kier alpha value is -2.67. The van der Waals surface area contributed by atoms with Gasteiger partial charge in [0.15, 0.2) is 11.5 Å². The second kappa shape index (κ2) is 8.78. The van der Waals surface area contributed by atoms with Gasteiger partial charge in [0.1, 0.15) is 5.82 Å². The molecule has 0 saturated carbocycles. The minimum absolute atomic E-state index is 0.0317. The molecule has 0 N–H and O–H groups in total. The molecule has 7 heteroatoms. The normalized spacial score (nSPS) is 11.7. The Balaban J connectivity index is 2.07. The zero-order valence-corrected chi connectivity index (χ0v) is 18.7. The number of benzene rings is 2. The lowest BCUT2D eigenvalue weighted by molar-refractivity contribution is 0.230. The van der Waals surface area contributed by atoms with Crippen molar-refractivity contribution in [1.82, 2.24) is 9.66 Å². The molecule has 0 spiro atoms. The smallest absolute Gasteiger partial charge is 0.282 e. The van der Waals surface area contributed by atoms with Crippen molar-refractivity contribution in [3.05, 3.63) is 62.6 Å². The SMILES string of the molecule is COc1cc(C=Nn2c(C(C)C)nc3ccc(Br)cc3c2=O)ccc1OC(C)C. The summed E-state index contributed by atoms with van der Waals surface area (Å²) >= 11 is 3.41. The Labute approximate surface area is 178 Å². The molecule has 1 heterocycles. The van der Waals surface area contributed by atoms with Crippen molar-refractivity contribution < 1.29 is 9.47 Å². The van der Waals surface area contributed by atoms with Crippen LogP contribution in [0.3, 0.4) is 0 Å². The first-order valence-corrected chi connectivity index (χ1v) is 10.2. The van der Waals surface area contributed by atoms with E-state index < -0.39 is 0 Å². The van der Waals surface area contributed by atoms with Gasteiger partial charge in [-0.15, -0.1) is 0 Å². The second-order valence-electron chi connectivity index (χ2n) is 7.22. The minimum atomic E-state index is -0.206. The molecule has 0 aliphatic carbocycles. The largest absolute Gasteiger partial charge is 0.493 e. The molecule has 0 amide bonds. The van der Waals surface area contributed by atoms with Crippen molar-refractivity contribution in [2.24, 2.45) is 5.10 Å². The summed E-state index contributed by atoms with van der Waals surface area (Å²) in [5, 5.41) is 4.96. The molecule has 2 aromatic carbocycles. The quantitative estimate of drug-likeness (QED) is 0.490. The van der Waals surface area contributed by atoms with Crippen LogP contribution in [0.2, 0.25) is 0 Å². The molecule has 0 atom stereocenters. The highest BCUT2D eigenvalue weighted by Crippen LogP contribution is 2.28. The summed E-state index contributed by atoms with van der Waals surface area (Å²) in [7, 11) is 1.59. The fourth-order valence-corrected chi connectivity index (χ4v) is 3.25. The molecule has 29 heavy (non-hydrogen) atoms. The predicted octanol–water partition coefficient (Wildman–Crippen LogP) is 4.96. The van der Waals surface area contributed by atoms with Crippen molar-refractivity contribution in [3.8, 4) is 11.5 Å². The fraction of sp³-hybridized carbons (Fsp3) is 0.318. The maximum absolute atomic E-state index is 13.1. The molecule has 1 aromatic heterocycles. The molecule has 0 saturated heterocycles. The van der Waals surface area contributed by atoms with Crippen LogP contribution in [0.4, 0.5) is 0 Å². The molecule has 3 aromatic rings. The lowest BCUT2D eigenvalue weighted by Gasteiger charge is -2.14. The first-order chi connectivity index (χ1) is 13.8. The third-order valence-electron chi connectivity index (χ3n) is 4.22. The van der Waals surface area contributed by atoms with Crippen molar-refractivity contribution in [2.75, 3.05) is 7.11 Å². The summed E-state index contributed by atoms with van der Waals surface area (Å²) < 4.78 is 13.4. The topological polar surface area (TPSA) is 65.7 Å². The Morgan fingerprint density at radius 3 is 2.52 bits per heavy atom. The van der Waals surface area contributed by atoms with E-state index in [1.165, 1.54) is 4.68 Å². The number of hydrogen-bond donors (Lipinski definition) is 0. The van der Waals surface area contributed by atoms with Gasteiger partial charge in [0.2, 0.25) is 0 Å². The summed E-state index contributed by atoms with van der Waals surface area (Å²) in [6, 6.07) is 11.0. The third kappa shape index (κ3) is 4.67. The lowest BCUT2D eigenvalue weighted by atomic mass is 10.2. The van der Waals surface area contributed by atoms with Gasteiger partial charge in [-0.25, -0.2) is 4.98 Å². The highest BCUT2D eigenvalue weighted by molar-refractivity contribution is 9.10. The van der Waals surface area contributed by atoms with E-state index in [2.05, 4.69) is 26.0 Å². The van der Waals surface area contributed by atoms with Gasteiger partial charge in [-0.3, -0.25) is 4.79 Å². The zero-order chi connectivity index (χ0) is 21.1. The number of hydrogen-bond acceptors (Lipinski definition) is 5. The first-order valence-electron chi connectivity index (χ1n) is 9.41. The van der Waals surface area contributed by atoms with Crippen LogP contribution in [0.1, 0.15) is 45.0 Å². The number of fused-ring (bicyclic) bond motifs is 1. The molecule has 0 aliphatic heterocycles. The van der Waals surface area contributed by atoms with Crippen LogP contribution < -0.4 is 15.0 Å². The summed E-state index contributed by atoms with van der Waals surface area (Å²) in [4.78, 5) is 17.7. The fourth-order valence-electron chi connectivity index (χ4n) is 2.89. The molecule has 0 radical (unpaired) electrons. The Bertz CT molecular complexity index is 1120. The summed E-state index contributed by atoms with van der Waals surface area (Å²) in [6.45, 7) is 7.89. The van der Waals surface area contributed by atoms with Gasteiger partial charge < -0.3 is 9.47 Å². The van der Waals surface area contributed by atoms with E-state index in [0.29, 0.717) is 28.2 Å². The van der Waals surface area contributed by atoms with E-state index in [9.17, 15) is 4.79 Å². The number of nitrogens with zero attached hydrogens (tertiary/aromatic N) is 3. The maximum atomic E-state index is 13.1. The van der Waals surface area contributed by atoms with Crippen molar-refractivity contribution in [2.45, 2.75) is 39.7 Å². The molecular formula is C22H24BrN3O3. The number of aromatic nitrogens is 2. The lowest BCUT2D eigenvalue weighted by Crippen LogP contribution is -2.23. The minimum Gasteiger partial charge on any atom is -0.493 e. The molecule has 3 rings (SSSR count). The number of methoxy groups -OCH3 is 1. The van der Waals surface area contributed by atoms with Crippen molar-refractivity contribution in [1.29, 1.82) is 0 Å². The van der Waals surface area contributed by atoms with Crippen LogP contribution in [0, 0.1) is 0 Å². The van der Waals surface area contributed by atoms with Gasteiger partial charge in [-0.1, -0.05) is 29.8 Å². The summed E-state index contributed by atoms with van der Waals surface area (Å²) in [6.07, 6.45) is 1.67. The van der Waals surface area contributed by atoms with E-state index in [4.69, 9.17) is 9.47 Å². The van der Waals surface area contributed by atoms with Crippen molar-refractivity contribution >= 4 is 33.0 Å². The Morgan fingerprint density at radius 2 is 1.86 bits per heavy atom. The van der Waals surface area contributed by atoms with E-state index in [0.717, 1.165) is 10.0 Å². The molecular weight excluding hydrogens is 434 g/mol. The highest BCUT2D eigenvalue weighted by Gasteiger charge is 2.14. The van der Waals surface area contributed by atoms with E-state index in [1.807, 2.05) is 58.0 Å². The van der Waals surface area contributed by atoms with Crippen LogP contribution in [0.15, 0.2) is 50.8 Å². The van der Waals surface area contributed by atoms with Gasteiger partial charge >= 0.3 is 0 Å². The first kappa shape index (κ1) is 21.0. The highest BCUT2D eigenvalue weighted by atomic mass is 79.9. The van der Waals surface area contributed by atoms with Crippen molar-refractivity contribution in [3.63, 3.8) is 0 Å². The van der Waals surface area contributed by atoms with Crippen LogP contribution in [0.25, 0.3) is 10.9 Å². The average molecular weight is 458 g/mol. The van der Waals surface area contributed by atoms with Gasteiger partial charge in [0.25, 0.3) is 5.56 Å². The third-order valence-corrected chi connectivity index (χ3v) is 4.72. The van der Waals surface area contributed by atoms with E-state index in [-0.39, 0.29) is 17.6 Å². The average Bonchev–Trinajstić information content (AvgIpc) is 2.67. The summed E-state index contributed by atoms with van der Waals surface area (Å²) in [5.74, 6) is 1.91. The standard InChI is InChI=1S/C22H24BrN3O3/c1-13(2)21-25-18-8-7-16(23)11-17(18)22(27)26(21)24-12-15-6-9-19(29-14(3)4)20(10-15)28-5/h6-14H,1-5H3. The predicted molar refractivity (Wildman–Crippen MR) is 120 cm³/mol. The molecule has 0 fully saturated rings. The molecule has 0 aliphatic rings. The summed E-state index contributed by atoms with van der Waals surface area (Å²) in [5.41, 5.74) is 1.24. The molecule has 152 valence electrons. The molecule has 0 unspecified atom stereocenters. The van der Waals surface area contributed by atoms with Gasteiger partial charge in [0, 0.05) is 10.4 Å². The Kier molecular flexibility index (Phi) is 6.37. The molecule has 0 bridgehead atoms. The maximum Gasteiger partial charge on any atom is 0.282 e. The number of halogens is 1.